The van der Waals surface area contributed by atoms with Crippen LogP contribution in [0.5, 0.6) is 0 Å². The van der Waals surface area contributed by atoms with Gasteiger partial charge in [-0.3, -0.25) is 0 Å². The topological polar surface area (TPSA) is 76.0 Å². The van der Waals surface area contributed by atoms with Gasteiger partial charge < -0.3 is 24.5 Å². The molecular weight excluding hydrogens is 212 g/mol. The van der Waals surface area contributed by atoms with Gasteiger partial charge in [0.1, 0.15) is 5.78 Å². The predicted molar refractivity (Wildman–Crippen MR) is 63.2 cm³/mol. The fraction of sp³-hybridized carbons (Fsp3) is 0.909. The van der Waals surface area contributed by atoms with Crippen molar-refractivity contribution in [3.63, 3.8) is 0 Å². The third-order valence-corrected chi connectivity index (χ3v) is 0.903. The Kier molecular flexibility index (Phi) is 26.1. The van der Waals surface area contributed by atoms with Crippen LogP contribution in [0.25, 0.3) is 0 Å². The summed E-state index contributed by atoms with van der Waals surface area (Å²) in [5, 5.41) is 15.2. The second-order valence-electron chi connectivity index (χ2n) is 2.83. The summed E-state index contributed by atoms with van der Waals surface area (Å²) in [7, 11) is 0. The average Bonchev–Trinajstić information content (AvgIpc) is 2.18. The SMILES string of the molecule is CC(C)=O.CCOC(C)OCC.OCCO. The number of hydrogen-bond acceptors (Lipinski definition) is 5. The van der Waals surface area contributed by atoms with Crippen LogP contribution in [0.1, 0.15) is 34.6 Å². The Morgan fingerprint density at radius 2 is 1.31 bits per heavy atom. The third kappa shape index (κ3) is 49.9. The molecule has 2 N–H and O–H groups in total. The highest BCUT2D eigenvalue weighted by Crippen LogP contribution is 1.90. The van der Waals surface area contributed by atoms with E-state index in [0.717, 1.165) is 13.2 Å². The van der Waals surface area contributed by atoms with Crippen LogP contribution in [-0.4, -0.2) is 48.7 Å². The maximum Gasteiger partial charge on any atom is 0.154 e. The fourth-order valence-corrected chi connectivity index (χ4v) is 0.518. The molecule has 100 valence electrons. The van der Waals surface area contributed by atoms with Crippen molar-refractivity contribution in [3.05, 3.63) is 0 Å². The van der Waals surface area contributed by atoms with Gasteiger partial charge in [0.05, 0.1) is 13.2 Å². The van der Waals surface area contributed by atoms with Gasteiger partial charge in [0.15, 0.2) is 6.29 Å². The Hall–Kier alpha value is -0.490. The molecule has 0 aliphatic rings. The molecular formula is C11H26O5. The number of aliphatic hydroxyl groups is 2. The van der Waals surface area contributed by atoms with Crippen LogP contribution in [0, 0.1) is 0 Å². The Balaban J connectivity index is -0.000000179. The lowest BCUT2D eigenvalue weighted by molar-refractivity contribution is -0.123. The summed E-state index contributed by atoms with van der Waals surface area (Å²) in [5.74, 6) is 0.167. The van der Waals surface area contributed by atoms with E-state index in [-0.39, 0.29) is 25.3 Å². The molecule has 0 spiro atoms. The maximum atomic E-state index is 9.44. The monoisotopic (exact) mass is 238 g/mol. The highest BCUT2D eigenvalue weighted by atomic mass is 16.7. The lowest BCUT2D eigenvalue weighted by atomic mass is 10.6. The molecule has 0 heterocycles. The van der Waals surface area contributed by atoms with E-state index in [9.17, 15) is 4.79 Å². The second kappa shape index (κ2) is 20.0. The van der Waals surface area contributed by atoms with Crippen molar-refractivity contribution in [3.8, 4) is 0 Å². The van der Waals surface area contributed by atoms with E-state index in [1.807, 2.05) is 20.8 Å². The van der Waals surface area contributed by atoms with Crippen LogP contribution >= 0.6 is 0 Å². The zero-order chi connectivity index (χ0) is 13.4. The minimum Gasteiger partial charge on any atom is -0.394 e. The number of aliphatic hydroxyl groups excluding tert-OH is 2. The molecule has 0 rings (SSSR count). The van der Waals surface area contributed by atoms with Crippen molar-refractivity contribution in [1.29, 1.82) is 0 Å². The van der Waals surface area contributed by atoms with Crippen molar-refractivity contribution in [1.82, 2.24) is 0 Å². The van der Waals surface area contributed by atoms with E-state index in [4.69, 9.17) is 19.7 Å². The number of ether oxygens (including phenoxy) is 2. The molecule has 0 saturated carbocycles. The van der Waals surface area contributed by atoms with Crippen molar-refractivity contribution < 1.29 is 24.5 Å². The summed E-state index contributed by atoms with van der Waals surface area (Å²) in [6.45, 7) is 10.1. The van der Waals surface area contributed by atoms with Gasteiger partial charge >= 0.3 is 0 Å². The van der Waals surface area contributed by atoms with Gasteiger partial charge in [-0.25, -0.2) is 0 Å². The molecule has 0 aliphatic heterocycles. The van der Waals surface area contributed by atoms with Gasteiger partial charge in [0.2, 0.25) is 0 Å². The molecule has 0 unspecified atom stereocenters. The third-order valence-electron chi connectivity index (χ3n) is 0.903. The van der Waals surface area contributed by atoms with E-state index in [1.165, 1.54) is 13.8 Å². The number of carbonyl (C=O) groups is 1. The Morgan fingerprint density at radius 1 is 1.06 bits per heavy atom. The first kappa shape index (κ1) is 20.9. The van der Waals surface area contributed by atoms with Crippen molar-refractivity contribution in [2.24, 2.45) is 0 Å². The van der Waals surface area contributed by atoms with Gasteiger partial charge in [-0.1, -0.05) is 0 Å². The van der Waals surface area contributed by atoms with Gasteiger partial charge in [-0.05, 0) is 34.6 Å². The van der Waals surface area contributed by atoms with Gasteiger partial charge in [-0.2, -0.15) is 0 Å². The summed E-state index contributed by atoms with van der Waals surface area (Å²) in [6.07, 6.45) is -0.0370. The smallest absolute Gasteiger partial charge is 0.154 e. The molecule has 0 amide bonds. The zero-order valence-corrected chi connectivity index (χ0v) is 11.0. The van der Waals surface area contributed by atoms with Crippen LogP contribution in [-0.2, 0) is 14.3 Å². The van der Waals surface area contributed by atoms with Crippen molar-refractivity contribution in [2.45, 2.75) is 40.9 Å². The molecule has 0 atom stereocenters. The summed E-state index contributed by atoms with van der Waals surface area (Å²) in [4.78, 5) is 9.44. The van der Waals surface area contributed by atoms with Gasteiger partial charge in [0, 0.05) is 13.2 Å². The number of hydrogen-bond donors (Lipinski definition) is 2. The van der Waals surface area contributed by atoms with E-state index in [2.05, 4.69) is 0 Å². The summed E-state index contributed by atoms with van der Waals surface area (Å²) >= 11 is 0. The van der Waals surface area contributed by atoms with Crippen LogP contribution < -0.4 is 0 Å². The molecule has 0 aromatic carbocycles. The number of rotatable bonds is 5. The molecule has 0 fully saturated rings. The average molecular weight is 238 g/mol. The normalized spacial score (nSPS) is 8.75. The van der Waals surface area contributed by atoms with Crippen molar-refractivity contribution >= 4 is 5.78 Å². The van der Waals surface area contributed by atoms with Crippen LogP contribution in [0.2, 0.25) is 0 Å². The van der Waals surface area contributed by atoms with Gasteiger partial charge in [-0.15, -0.1) is 0 Å². The first-order chi connectivity index (χ1) is 7.45. The fourth-order valence-electron chi connectivity index (χ4n) is 0.518. The van der Waals surface area contributed by atoms with E-state index < -0.39 is 0 Å². The highest BCUT2D eigenvalue weighted by Gasteiger charge is 1.94. The number of ketones is 1. The molecule has 0 saturated heterocycles. The minimum absolute atomic E-state index is 0.0370. The van der Waals surface area contributed by atoms with E-state index in [0.29, 0.717) is 0 Å². The molecule has 5 heteroatoms. The largest absolute Gasteiger partial charge is 0.394 e. The zero-order valence-electron chi connectivity index (χ0n) is 11.0. The second-order valence-corrected chi connectivity index (χ2v) is 2.83. The highest BCUT2D eigenvalue weighted by molar-refractivity contribution is 5.72. The number of Topliss-reactive ketones (excluding diaryl/α,β-unsaturated/α-hetero) is 1. The lowest BCUT2D eigenvalue weighted by Crippen LogP contribution is -2.11. The molecule has 16 heavy (non-hydrogen) atoms. The van der Waals surface area contributed by atoms with Gasteiger partial charge in [0.25, 0.3) is 0 Å². The van der Waals surface area contributed by atoms with Crippen LogP contribution in [0.3, 0.4) is 0 Å². The molecule has 0 aliphatic carbocycles. The molecule has 5 nitrogen and oxygen atoms in total. The molecule has 0 bridgehead atoms. The summed E-state index contributed by atoms with van der Waals surface area (Å²) in [6, 6.07) is 0. The Morgan fingerprint density at radius 3 is 1.44 bits per heavy atom. The van der Waals surface area contributed by atoms with E-state index in [1.54, 1.807) is 0 Å². The van der Waals surface area contributed by atoms with Crippen molar-refractivity contribution in [2.75, 3.05) is 26.4 Å². The summed E-state index contributed by atoms with van der Waals surface area (Å²) in [5.41, 5.74) is 0. The number of carbonyl (C=O) groups excluding carboxylic acids is 1. The predicted octanol–water partition coefficient (Wildman–Crippen LogP) is 0.972. The maximum absolute atomic E-state index is 9.44. The Bertz CT molecular complexity index is 116. The standard InChI is InChI=1S/C6H14O2.C3H6O.C2H6O2/c1-4-7-6(3)8-5-2;1-3(2)4;3-1-2-4/h6H,4-5H2,1-3H3;1-2H3;3-4H,1-2H2. The van der Waals surface area contributed by atoms with Crippen LogP contribution in [0.15, 0.2) is 0 Å². The minimum atomic E-state index is -0.125. The summed E-state index contributed by atoms with van der Waals surface area (Å²) < 4.78 is 10.1. The van der Waals surface area contributed by atoms with Crippen LogP contribution in [0.4, 0.5) is 0 Å². The molecule has 0 aromatic heterocycles. The first-order valence-corrected chi connectivity index (χ1v) is 5.38. The molecule has 0 radical (unpaired) electrons. The lowest BCUT2D eigenvalue weighted by Gasteiger charge is -2.09. The Labute approximate surface area is 98.4 Å². The first-order valence-electron chi connectivity index (χ1n) is 5.38. The van der Waals surface area contributed by atoms with E-state index >= 15 is 0 Å². The molecule has 0 aromatic rings. The quantitative estimate of drug-likeness (QED) is 0.698.